The maximum absolute atomic E-state index is 12.8. The number of carboxylic acid groups (broad SMARTS) is 1. The van der Waals surface area contributed by atoms with E-state index in [0.717, 1.165) is 23.4 Å². The average molecular weight is 382 g/mol. The highest BCUT2D eigenvalue weighted by atomic mass is 19.4. The van der Waals surface area contributed by atoms with Crippen molar-refractivity contribution in [2.45, 2.75) is 6.18 Å². The van der Waals surface area contributed by atoms with Crippen molar-refractivity contribution in [3.8, 4) is 16.8 Å². The molecule has 0 atom stereocenters. The Bertz CT molecular complexity index is 1180. The summed E-state index contributed by atoms with van der Waals surface area (Å²) in [5, 5.41) is 9.21. The molecule has 0 bridgehead atoms. The summed E-state index contributed by atoms with van der Waals surface area (Å²) in [7, 11) is 0. The second-order valence-electron chi connectivity index (χ2n) is 6.25. The number of halogens is 3. The number of hydrogen-bond donors (Lipinski definition) is 1. The van der Waals surface area contributed by atoms with Gasteiger partial charge in [0.2, 0.25) is 0 Å². The molecule has 1 aromatic heterocycles. The van der Waals surface area contributed by atoms with Gasteiger partial charge in [0.25, 0.3) is 0 Å². The van der Waals surface area contributed by atoms with Crippen LogP contribution in [0.2, 0.25) is 0 Å². The van der Waals surface area contributed by atoms with Gasteiger partial charge in [0.15, 0.2) is 0 Å². The molecule has 0 radical (unpaired) electrons. The number of benzene rings is 3. The van der Waals surface area contributed by atoms with E-state index in [4.69, 9.17) is 0 Å². The molecule has 1 heterocycles. The Labute approximate surface area is 157 Å². The lowest BCUT2D eigenvalue weighted by atomic mass is 10.0. The first-order valence-electron chi connectivity index (χ1n) is 8.31. The van der Waals surface area contributed by atoms with Gasteiger partial charge in [0.1, 0.15) is 6.33 Å². The van der Waals surface area contributed by atoms with Crippen molar-refractivity contribution >= 4 is 17.0 Å². The Morgan fingerprint density at radius 1 is 0.929 bits per heavy atom. The normalized spacial score (nSPS) is 11.7. The van der Waals surface area contributed by atoms with E-state index in [-0.39, 0.29) is 5.56 Å². The lowest BCUT2D eigenvalue weighted by molar-refractivity contribution is -0.137. The van der Waals surface area contributed by atoms with Crippen LogP contribution in [0.15, 0.2) is 73.1 Å². The maximum atomic E-state index is 12.8. The Morgan fingerprint density at radius 2 is 1.68 bits per heavy atom. The molecule has 4 nitrogen and oxygen atoms in total. The zero-order valence-electron chi connectivity index (χ0n) is 14.3. The maximum Gasteiger partial charge on any atom is 0.416 e. The second-order valence-corrected chi connectivity index (χ2v) is 6.25. The van der Waals surface area contributed by atoms with Crippen molar-refractivity contribution in [1.82, 2.24) is 9.55 Å². The predicted octanol–water partition coefficient (Wildman–Crippen LogP) is 5.41. The topological polar surface area (TPSA) is 55.1 Å². The van der Waals surface area contributed by atoms with E-state index in [9.17, 15) is 23.1 Å². The monoisotopic (exact) mass is 382 g/mol. The summed E-state index contributed by atoms with van der Waals surface area (Å²) in [6, 6.07) is 16.8. The van der Waals surface area contributed by atoms with Gasteiger partial charge in [-0.1, -0.05) is 24.3 Å². The lowest BCUT2D eigenvalue weighted by Gasteiger charge is -2.10. The van der Waals surface area contributed by atoms with Crippen LogP contribution in [0.5, 0.6) is 0 Å². The molecule has 0 saturated heterocycles. The molecular weight excluding hydrogens is 369 g/mol. The van der Waals surface area contributed by atoms with Crippen molar-refractivity contribution in [3.05, 3.63) is 84.2 Å². The molecule has 28 heavy (non-hydrogen) atoms. The number of carboxylic acids is 1. The number of nitrogens with zero attached hydrogens (tertiary/aromatic N) is 2. The number of carbonyl (C=O) groups is 1. The number of imidazole rings is 1. The third kappa shape index (κ3) is 3.22. The number of fused-ring (bicyclic) bond motifs is 1. The van der Waals surface area contributed by atoms with Crippen LogP contribution in [0.25, 0.3) is 27.8 Å². The average Bonchev–Trinajstić information content (AvgIpc) is 3.11. The number of hydrogen-bond acceptors (Lipinski definition) is 2. The molecule has 0 saturated carbocycles. The van der Waals surface area contributed by atoms with Crippen molar-refractivity contribution < 1.29 is 23.1 Å². The van der Waals surface area contributed by atoms with E-state index in [2.05, 4.69) is 4.98 Å². The Kier molecular flexibility index (Phi) is 4.15. The van der Waals surface area contributed by atoms with Crippen LogP contribution in [0.3, 0.4) is 0 Å². The molecule has 0 fully saturated rings. The first-order valence-corrected chi connectivity index (χ1v) is 8.31. The zero-order chi connectivity index (χ0) is 19.9. The fraction of sp³-hybridized carbons (Fsp3) is 0.0476. The van der Waals surface area contributed by atoms with Gasteiger partial charge in [-0.05, 0) is 53.6 Å². The summed E-state index contributed by atoms with van der Waals surface area (Å²) < 4.78 is 40.0. The molecule has 0 aliphatic rings. The summed E-state index contributed by atoms with van der Waals surface area (Å²) >= 11 is 0. The quantitative estimate of drug-likeness (QED) is 0.515. The van der Waals surface area contributed by atoms with Gasteiger partial charge in [-0.15, -0.1) is 0 Å². The number of aromatic nitrogens is 2. The Balaban J connectivity index is 1.76. The highest BCUT2D eigenvalue weighted by Crippen LogP contribution is 2.31. The van der Waals surface area contributed by atoms with Crippen LogP contribution in [-0.2, 0) is 6.18 Å². The van der Waals surface area contributed by atoms with E-state index >= 15 is 0 Å². The minimum Gasteiger partial charge on any atom is -0.478 e. The zero-order valence-corrected chi connectivity index (χ0v) is 14.3. The molecule has 0 aliphatic carbocycles. The fourth-order valence-electron chi connectivity index (χ4n) is 3.03. The van der Waals surface area contributed by atoms with E-state index in [1.807, 2.05) is 12.1 Å². The third-order valence-electron chi connectivity index (χ3n) is 4.46. The summed E-state index contributed by atoms with van der Waals surface area (Å²) in [5.41, 5.74) is 2.83. The standard InChI is InChI=1S/C21H13F3N2O2/c22-21(23,24)16-7-4-13(5-8-16)14-2-1-3-17(10-14)26-12-25-18-9-6-15(20(27)28)11-19(18)26/h1-12H,(H,27,28). The number of aromatic carboxylic acids is 1. The third-order valence-corrected chi connectivity index (χ3v) is 4.46. The van der Waals surface area contributed by atoms with Crippen molar-refractivity contribution in [1.29, 1.82) is 0 Å². The predicted molar refractivity (Wildman–Crippen MR) is 98.5 cm³/mol. The Hall–Kier alpha value is -3.61. The van der Waals surface area contributed by atoms with Crippen molar-refractivity contribution in [3.63, 3.8) is 0 Å². The number of alkyl halides is 3. The lowest BCUT2D eigenvalue weighted by Crippen LogP contribution is -2.04. The van der Waals surface area contributed by atoms with Gasteiger partial charge in [-0.2, -0.15) is 13.2 Å². The second kappa shape index (κ2) is 6.53. The van der Waals surface area contributed by atoms with Gasteiger partial charge in [-0.25, -0.2) is 9.78 Å². The van der Waals surface area contributed by atoms with E-state index < -0.39 is 17.7 Å². The molecule has 4 aromatic rings. The summed E-state index contributed by atoms with van der Waals surface area (Å²) in [4.78, 5) is 15.5. The Morgan fingerprint density at radius 3 is 2.36 bits per heavy atom. The minimum absolute atomic E-state index is 0.146. The van der Waals surface area contributed by atoms with Crippen LogP contribution >= 0.6 is 0 Å². The summed E-state index contributed by atoms with van der Waals surface area (Å²) in [6.07, 6.45) is -2.79. The van der Waals surface area contributed by atoms with E-state index in [1.54, 1.807) is 29.1 Å². The molecule has 3 aromatic carbocycles. The molecule has 0 spiro atoms. The van der Waals surface area contributed by atoms with Gasteiger partial charge in [0.05, 0.1) is 22.2 Å². The SMILES string of the molecule is O=C(O)c1ccc2ncn(-c3cccc(-c4ccc(C(F)(F)F)cc4)c3)c2c1. The van der Waals surface area contributed by atoms with Gasteiger partial charge in [-0.3, -0.25) is 4.57 Å². The highest BCUT2D eigenvalue weighted by Gasteiger charge is 2.29. The molecule has 140 valence electrons. The number of rotatable bonds is 3. The largest absolute Gasteiger partial charge is 0.478 e. The van der Waals surface area contributed by atoms with Crippen molar-refractivity contribution in [2.75, 3.05) is 0 Å². The molecule has 7 heteroatoms. The first-order chi connectivity index (χ1) is 13.3. The van der Waals surface area contributed by atoms with Crippen LogP contribution in [0.4, 0.5) is 13.2 Å². The van der Waals surface area contributed by atoms with E-state index in [0.29, 0.717) is 16.6 Å². The molecule has 4 rings (SSSR count). The van der Waals surface area contributed by atoms with Crippen LogP contribution in [0, 0.1) is 0 Å². The van der Waals surface area contributed by atoms with Gasteiger partial charge < -0.3 is 5.11 Å². The molecular formula is C21H13F3N2O2. The minimum atomic E-state index is -4.38. The van der Waals surface area contributed by atoms with Crippen molar-refractivity contribution in [2.24, 2.45) is 0 Å². The summed E-state index contributed by atoms with van der Waals surface area (Å²) in [5.74, 6) is -1.03. The summed E-state index contributed by atoms with van der Waals surface area (Å²) in [6.45, 7) is 0. The molecule has 1 N–H and O–H groups in total. The van der Waals surface area contributed by atoms with Crippen LogP contribution < -0.4 is 0 Å². The van der Waals surface area contributed by atoms with E-state index in [1.165, 1.54) is 24.3 Å². The van der Waals surface area contributed by atoms with Crippen LogP contribution in [-0.4, -0.2) is 20.6 Å². The molecule has 0 unspecified atom stereocenters. The van der Waals surface area contributed by atoms with Gasteiger partial charge >= 0.3 is 12.1 Å². The fourth-order valence-corrected chi connectivity index (χ4v) is 3.03. The molecule has 0 amide bonds. The smallest absolute Gasteiger partial charge is 0.416 e. The molecule has 0 aliphatic heterocycles. The van der Waals surface area contributed by atoms with Gasteiger partial charge in [0, 0.05) is 5.69 Å². The first kappa shape index (κ1) is 17.8. The highest BCUT2D eigenvalue weighted by molar-refractivity contribution is 5.92. The van der Waals surface area contributed by atoms with Crippen LogP contribution in [0.1, 0.15) is 15.9 Å².